The maximum Gasteiger partial charge on any atom is 0.149 e. The maximum absolute atomic E-state index is 5.94. The van der Waals surface area contributed by atoms with Gasteiger partial charge in [0.15, 0.2) is 0 Å². The fourth-order valence-electron chi connectivity index (χ4n) is 2.56. The number of pyridine rings is 1. The average Bonchev–Trinajstić information content (AvgIpc) is 2.43. The van der Waals surface area contributed by atoms with Gasteiger partial charge in [-0.15, -0.1) is 0 Å². The highest BCUT2D eigenvalue weighted by atomic mass is 16.5. The molecule has 3 heteroatoms. The van der Waals surface area contributed by atoms with Crippen LogP contribution in [0.3, 0.4) is 0 Å². The molecule has 0 spiro atoms. The third-order valence-electron chi connectivity index (χ3n) is 3.51. The summed E-state index contributed by atoms with van der Waals surface area (Å²) in [6.07, 6.45) is 2.90. The number of hydrogen-bond acceptors (Lipinski definition) is 3. The lowest BCUT2D eigenvalue weighted by atomic mass is 9.89. The standard InChI is InChI=1S/C16H18N2O/c1-18(2)11-9-13-12-6-3-4-7-14(12)19-15-8-5-10-17-16(13)15/h3-8,10,13H,9,11H2,1-2H3/t13-/m1/s1. The molecule has 0 amide bonds. The SMILES string of the molecule is CN(C)CC[C@@H]1c2ccccc2Oc2cccnc21. The average molecular weight is 254 g/mol. The van der Waals surface area contributed by atoms with Crippen molar-refractivity contribution in [3.63, 3.8) is 0 Å². The minimum Gasteiger partial charge on any atom is -0.455 e. The van der Waals surface area contributed by atoms with E-state index in [1.807, 2.05) is 30.5 Å². The van der Waals surface area contributed by atoms with Gasteiger partial charge in [-0.25, -0.2) is 0 Å². The molecule has 2 aromatic rings. The maximum atomic E-state index is 5.94. The highest BCUT2D eigenvalue weighted by Crippen LogP contribution is 2.44. The third-order valence-corrected chi connectivity index (χ3v) is 3.51. The van der Waals surface area contributed by atoms with E-state index < -0.39 is 0 Å². The van der Waals surface area contributed by atoms with E-state index in [-0.39, 0.29) is 0 Å². The fourth-order valence-corrected chi connectivity index (χ4v) is 2.56. The number of para-hydroxylation sites is 1. The lowest BCUT2D eigenvalue weighted by Crippen LogP contribution is -2.19. The molecule has 3 nitrogen and oxygen atoms in total. The van der Waals surface area contributed by atoms with Gasteiger partial charge in [-0.3, -0.25) is 4.98 Å². The molecule has 0 aliphatic carbocycles. The second-order valence-electron chi connectivity index (χ2n) is 5.17. The van der Waals surface area contributed by atoms with Crippen LogP contribution in [0.25, 0.3) is 0 Å². The van der Waals surface area contributed by atoms with E-state index in [2.05, 4.69) is 36.1 Å². The number of rotatable bonds is 3. The summed E-state index contributed by atoms with van der Waals surface area (Å²) in [6.45, 7) is 1.04. The smallest absolute Gasteiger partial charge is 0.149 e. The molecule has 0 saturated carbocycles. The van der Waals surface area contributed by atoms with E-state index in [0.29, 0.717) is 5.92 Å². The van der Waals surface area contributed by atoms with Crippen LogP contribution in [0.5, 0.6) is 11.5 Å². The van der Waals surface area contributed by atoms with Gasteiger partial charge >= 0.3 is 0 Å². The summed E-state index contributed by atoms with van der Waals surface area (Å²) in [4.78, 5) is 6.74. The van der Waals surface area contributed by atoms with Crippen LogP contribution in [-0.2, 0) is 0 Å². The largest absolute Gasteiger partial charge is 0.455 e. The summed E-state index contributed by atoms with van der Waals surface area (Å²) < 4.78 is 5.94. The summed E-state index contributed by atoms with van der Waals surface area (Å²) in [6, 6.07) is 12.2. The molecule has 0 fully saturated rings. The van der Waals surface area contributed by atoms with Gasteiger partial charge in [0.1, 0.15) is 11.5 Å². The molecule has 0 saturated heterocycles. The number of nitrogens with zero attached hydrogens (tertiary/aromatic N) is 2. The third kappa shape index (κ3) is 2.34. The molecule has 1 aliphatic heterocycles. The zero-order chi connectivity index (χ0) is 13.2. The van der Waals surface area contributed by atoms with Gasteiger partial charge in [0, 0.05) is 17.7 Å². The van der Waals surface area contributed by atoms with E-state index in [9.17, 15) is 0 Å². The molecule has 19 heavy (non-hydrogen) atoms. The van der Waals surface area contributed by atoms with Crippen LogP contribution in [0.1, 0.15) is 23.6 Å². The first-order valence-corrected chi connectivity index (χ1v) is 6.62. The molecule has 1 aliphatic rings. The summed E-state index contributed by atoms with van der Waals surface area (Å²) in [5.41, 5.74) is 2.30. The molecule has 0 unspecified atom stereocenters. The Morgan fingerprint density at radius 2 is 1.89 bits per heavy atom. The minimum absolute atomic E-state index is 0.323. The van der Waals surface area contributed by atoms with E-state index in [1.165, 1.54) is 5.56 Å². The van der Waals surface area contributed by atoms with Crippen LogP contribution in [0, 0.1) is 0 Å². The molecule has 1 atom stereocenters. The van der Waals surface area contributed by atoms with Crippen molar-refractivity contribution in [2.24, 2.45) is 0 Å². The molecule has 1 aromatic heterocycles. The molecule has 1 aromatic carbocycles. The molecular weight excluding hydrogens is 236 g/mol. The van der Waals surface area contributed by atoms with E-state index >= 15 is 0 Å². The van der Waals surface area contributed by atoms with Gasteiger partial charge in [-0.1, -0.05) is 18.2 Å². The minimum atomic E-state index is 0.323. The van der Waals surface area contributed by atoms with Gasteiger partial charge in [-0.05, 0) is 45.3 Å². The van der Waals surface area contributed by atoms with Crippen LogP contribution < -0.4 is 4.74 Å². The highest BCUT2D eigenvalue weighted by molar-refractivity contribution is 5.50. The number of aromatic nitrogens is 1. The lowest BCUT2D eigenvalue weighted by Gasteiger charge is -2.27. The van der Waals surface area contributed by atoms with Crippen molar-refractivity contribution in [1.82, 2.24) is 9.88 Å². The summed E-state index contributed by atoms with van der Waals surface area (Å²) in [5.74, 6) is 2.18. The first-order valence-electron chi connectivity index (χ1n) is 6.62. The monoisotopic (exact) mass is 254 g/mol. The van der Waals surface area contributed by atoms with Crippen molar-refractivity contribution in [3.8, 4) is 11.5 Å². The van der Waals surface area contributed by atoms with Crippen LogP contribution in [0.2, 0.25) is 0 Å². The van der Waals surface area contributed by atoms with E-state index in [1.54, 1.807) is 0 Å². The Morgan fingerprint density at radius 3 is 2.74 bits per heavy atom. The van der Waals surface area contributed by atoms with Gasteiger partial charge in [0.05, 0.1) is 5.69 Å². The molecule has 2 heterocycles. The number of ether oxygens (including phenoxy) is 1. The summed E-state index contributed by atoms with van der Waals surface area (Å²) in [7, 11) is 4.20. The zero-order valence-electron chi connectivity index (χ0n) is 11.3. The second kappa shape index (κ2) is 5.02. The van der Waals surface area contributed by atoms with Crippen molar-refractivity contribution < 1.29 is 4.74 Å². The predicted molar refractivity (Wildman–Crippen MR) is 75.8 cm³/mol. The Bertz CT molecular complexity index is 535. The van der Waals surface area contributed by atoms with Gasteiger partial charge in [0.25, 0.3) is 0 Å². The van der Waals surface area contributed by atoms with Crippen molar-refractivity contribution in [2.45, 2.75) is 12.3 Å². The van der Waals surface area contributed by atoms with Crippen molar-refractivity contribution in [1.29, 1.82) is 0 Å². The Balaban J connectivity index is 2.01. The van der Waals surface area contributed by atoms with Crippen LogP contribution in [0.15, 0.2) is 42.6 Å². The first kappa shape index (κ1) is 12.2. The van der Waals surface area contributed by atoms with Gasteiger partial charge in [0.2, 0.25) is 0 Å². The Kier molecular flexibility index (Phi) is 3.22. The van der Waals surface area contributed by atoms with E-state index in [0.717, 1.165) is 30.2 Å². The van der Waals surface area contributed by atoms with Crippen molar-refractivity contribution in [2.75, 3.05) is 20.6 Å². The molecule has 3 rings (SSSR count). The Labute approximate surface area is 113 Å². The van der Waals surface area contributed by atoms with Gasteiger partial charge < -0.3 is 9.64 Å². The fraction of sp³-hybridized carbons (Fsp3) is 0.312. The van der Waals surface area contributed by atoms with Crippen LogP contribution in [-0.4, -0.2) is 30.5 Å². The normalized spacial score (nSPS) is 16.7. The summed E-state index contributed by atoms with van der Waals surface area (Å²) >= 11 is 0. The van der Waals surface area contributed by atoms with Crippen LogP contribution in [0.4, 0.5) is 0 Å². The summed E-state index contributed by atoms with van der Waals surface area (Å²) in [5, 5.41) is 0. The second-order valence-corrected chi connectivity index (χ2v) is 5.17. The lowest BCUT2D eigenvalue weighted by molar-refractivity contribution is 0.373. The van der Waals surface area contributed by atoms with E-state index in [4.69, 9.17) is 4.74 Å². The quantitative estimate of drug-likeness (QED) is 0.840. The molecule has 0 bridgehead atoms. The molecular formula is C16H18N2O. The molecule has 0 radical (unpaired) electrons. The Morgan fingerprint density at radius 1 is 1.11 bits per heavy atom. The predicted octanol–water partition coefficient (Wildman–Crippen LogP) is 3.27. The van der Waals surface area contributed by atoms with Crippen molar-refractivity contribution >= 4 is 0 Å². The van der Waals surface area contributed by atoms with Gasteiger partial charge in [-0.2, -0.15) is 0 Å². The number of fused-ring (bicyclic) bond motifs is 2. The zero-order valence-corrected chi connectivity index (χ0v) is 11.3. The van der Waals surface area contributed by atoms with Crippen LogP contribution >= 0.6 is 0 Å². The number of benzene rings is 1. The van der Waals surface area contributed by atoms with Crippen molar-refractivity contribution in [3.05, 3.63) is 53.9 Å². The first-order chi connectivity index (χ1) is 9.25. The topological polar surface area (TPSA) is 25.4 Å². The Hall–Kier alpha value is -1.87. The molecule has 0 N–H and O–H groups in total. The number of hydrogen-bond donors (Lipinski definition) is 0. The highest BCUT2D eigenvalue weighted by Gasteiger charge is 2.27. The molecule has 98 valence electrons.